The van der Waals surface area contributed by atoms with Crippen LogP contribution in [0.3, 0.4) is 0 Å². The number of hydrogen-bond acceptors (Lipinski definition) is 5. The van der Waals surface area contributed by atoms with E-state index in [1.807, 2.05) is 32.0 Å². The molecule has 0 aliphatic heterocycles. The quantitative estimate of drug-likeness (QED) is 0.412. The summed E-state index contributed by atoms with van der Waals surface area (Å²) >= 11 is 1.28. The van der Waals surface area contributed by atoms with Gasteiger partial charge >= 0.3 is 6.03 Å². The van der Waals surface area contributed by atoms with Gasteiger partial charge in [0.1, 0.15) is 17.3 Å². The highest BCUT2D eigenvalue weighted by Crippen LogP contribution is 2.22. The SMILES string of the molecule is Cc1cccc(NC(=O)N[C@@H]2CCCC[C@H]2NC(=O)c2csc(COc3ccccc3F)n2)c1C. The van der Waals surface area contributed by atoms with Crippen molar-refractivity contribution in [3.63, 3.8) is 0 Å². The molecule has 9 heteroatoms. The van der Waals surface area contributed by atoms with Crippen LogP contribution in [0.2, 0.25) is 0 Å². The molecule has 0 bridgehead atoms. The number of urea groups is 1. The summed E-state index contributed by atoms with van der Waals surface area (Å²) in [6.45, 7) is 4.05. The molecule has 1 aliphatic rings. The van der Waals surface area contributed by atoms with Gasteiger partial charge in [-0.2, -0.15) is 0 Å². The lowest BCUT2D eigenvalue weighted by Gasteiger charge is -2.32. The van der Waals surface area contributed by atoms with Gasteiger partial charge in [0.15, 0.2) is 11.6 Å². The van der Waals surface area contributed by atoms with Crippen molar-refractivity contribution in [3.05, 3.63) is 75.5 Å². The van der Waals surface area contributed by atoms with E-state index >= 15 is 0 Å². The van der Waals surface area contributed by atoms with Crippen molar-refractivity contribution in [2.45, 2.75) is 58.2 Å². The Labute approximate surface area is 208 Å². The third-order valence-corrected chi connectivity index (χ3v) is 7.05. The summed E-state index contributed by atoms with van der Waals surface area (Å²) in [6, 6.07) is 11.3. The monoisotopic (exact) mass is 496 g/mol. The van der Waals surface area contributed by atoms with Crippen molar-refractivity contribution in [2.75, 3.05) is 5.32 Å². The zero-order valence-electron chi connectivity index (χ0n) is 19.8. The van der Waals surface area contributed by atoms with E-state index in [4.69, 9.17) is 4.74 Å². The molecular weight excluding hydrogens is 467 g/mol. The van der Waals surface area contributed by atoms with Crippen molar-refractivity contribution in [1.82, 2.24) is 15.6 Å². The summed E-state index contributed by atoms with van der Waals surface area (Å²) in [7, 11) is 0. The fraction of sp³-hybridized carbons (Fsp3) is 0.346. The van der Waals surface area contributed by atoms with Crippen molar-refractivity contribution >= 4 is 29.0 Å². The molecule has 184 valence electrons. The van der Waals surface area contributed by atoms with Gasteiger partial charge in [0, 0.05) is 17.1 Å². The molecule has 3 amide bonds. The number of nitrogens with one attached hydrogen (secondary N) is 3. The maximum Gasteiger partial charge on any atom is 0.319 e. The predicted octanol–water partition coefficient (Wildman–Crippen LogP) is 5.34. The number of hydrogen-bond donors (Lipinski definition) is 3. The molecular formula is C26H29FN4O3S. The molecule has 35 heavy (non-hydrogen) atoms. The molecule has 0 radical (unpaired) electrons. The number of thiazole rings is 1. The maximum absolute atomic E-state index is 13.7. The second-order valence-electron chi connectivity index (χ2n) is 8.66. The number of nitrogens with zero attached hydrogens (tertiary/aromatic N) is 1. The minimum atomic E-state index is -0.445. The van der Waals surface area contributed by atoms with Crippen LogP contribution in [0.4, 0.5) is 14.9 Å². The first-order valence-corrected chi connectivity index (χ1v) is 12.5. The Morgan fingerprint density at radius 1 is 1.06 bits per heavy atom. The van der Waals surface area contributed by atoms with Gasteiger partial charge in [0.25, 0.3) is 5.91 Å². The number of rotatable bonds is 7. The van der Waals surface area contributed by atoms with E-state index in [9.17, 15) is 14.0 Å². The van der Waals surface area contributed by atoms with Gasteiger partial charge in [-0.3, -0.25) is 4.79 Å². The Kier molecular flexibility index (Phi) is 7.97. The highest BCUT2D eigenvalue weighted by molar-refractivity contribution is 7.09. The Bertz CT molecular complexity index is 1200. The average molecular weight is 497 g/mol. The Balaban J connectivity index is 1.33. The van der Waals surface area contributed by atoms with Crippen LogP contribution >= 0.6 is 11.3 Å². The van der Waals surface area contributed by atoms with Gasteiger partial charge < -0.3 is 20.7 Å². The summed E-state index contributed by atoms with van der Waals surface area (Å²) in [5, 5.41) is 11.2. The van der Waals surface area contributed by atoms with Crippen LogP contribution in [-0.4, -0.2) is 29.0 Å². The number of ether oxygens (including phenoxy) is 1. The van der Waals surface area contributed by atoms with Gasteiger partial charge in [-0.25, -0.2) is 14.2 Å². The molecule has 1 saturated carbocycles. The van der Waals surface area contributed by atoms with Crippen molar-refractivity contribution < 1.29 is 18.7 Å². The average Bonchev–Trinajstić information content (AvgIpc) is 3.32. The number of carbonyl (C=O) groups is 2. The van der Waals surface area contributed by atoms with Crippen LogP contribution in [0.5, 0.6) is 5.75 Å². The first kappa shape index (κ1) is 24.7. The maximum atomic E-state index is 13.7. The second-order valence-corrected chi connectivity index (χ2v) is 9.61. The van der Waals surface area contributed by atoms with E-state index in [0.717, 1.165) is 42.5 Å². The van der Waals surface area contributed by atoms with Crippen LogP contribution in [0, 0.1) is 19.7 Å². The molecule has 3 aromatic rings. The molecule has 0 saturated heterocycles. The van der Waals surface area contributed by atoms with Crippen LogP contribution < -0.4 is 20.7 Å². The lowest BCUT2D eigenvalue weighted by molar-refractivity contribution is 0.0911. The van der Waals surface area contributed by atoms with E-state index < -0.39 is 5.82 Å². The van der Waals surface area contributed by atoms with Crippen LogP contribution in [-0.2, 0) is 6.61 Å². The van der Waals surface area contributed by atoms with E-state index in [2.05, 4.69) is 20.9 Å². The predicted molar refractivity (Wildman–Crippen MR) is 134 cm³/mol. The molecule has 0 spiro atoms. The van der Waals surface area contributed by atoms with Crippen molar-refractivity contribution in [1.29, 1.82) is 0 Å². The topological polar surface area (TPSA) is 92.4 Å². The van der Waals surface area contributed by atoms with E-state index in [-0.39, 0.29) is 42.1 Å². The third kappa shape index (κ3) is 6.36. The summed E-state index contributed by atoms with van der Waals surface area (Å²) in [6.07, 6.45) is 3.51. The minimum absolute atomic E-state index is 0.0744. The molecule has 0 unspecified atom stereocenters. The third-order valence-electron chi connectivity index (χ3n) is 6.22. The van der Waals surface area contributed by atoms with E-state index in [1.165, 1.54) is 17.4 Å². The molecule has 4 rings (SSSR count). The molecule has 1 aromatic heterocycles. The Morgan fingerprint density at radius 3 is 2.57 bits per heavy atom. The zero-order valence-corrected chi connectivity index (χ0v) is 20.6. The molecule has 1 fully saturated rings. The van der Waals surface area contributed by atoms with Gasteiger partial charge in [-0.05, 0) is 56.0 Å². The number of aryl methyl sites for hydroxylation is 1. The van der Waals surface area contributed by atoms with Crippen molar-refractivity contribution in [2.24, 2.45) is 0 Å². The molecule has 1 heterocycles. The van der Waals surface area contributed by atoms with Gasteiger partial charge in [0.2, 0.25) is 0 Å². The largest absolute Gasteiger partial charge is 0.483 e. The number of para-hydroxylation sites is 1. The standard InChI is InChI=1S/C26H29FN4O3S/c1-16-8-7-12-19(17(16)2)30-26(33)31-21-11-5-4-10-20(21)29-25(32)22-15-35-24(28-22)14-34-23-13-6-3-9-18(23)27/h3,6-9,12-13,15,20-21H,4-5,10-11,14H2,1-2H3,(H,29,32)(H2,30,31,33)/t20-,21-/m1/s1. The zero-order chi connectivity index (χ0) is 24.8. The van der Waals surface area contributed by atoms with Crippen LogP contribution in [0.1, 0.15) is 52.3 Å². The second kappa shape index (κ2) is 11.3. The van der Waals surface area contributed by atoms with E-state index in [0.29, 0.717) is 5.01 Å². The molecule has 1 aliphatic carbocycles. The molecule has 7 nitrogen and oxygen atoms in total. The lowest BCUT2D eigenvalue weighted by Crippen LogP contribution is -2.54. The summed E-state index contributed by atoms with van der Waals surface area (Å²) in [5.41, 5.74) is 3.18. The first-order chi connectivity index (χ1) is 16.9. The normalized spacial score (nSPS) is 17.5. The van der Waals surface area contributed by atoms with Crippen LogP contribution in [0.15, 0.2) is 47.8 Å². The number of anilines is 1. The number of amides is 3. The lowest BCUT2D eigenvalue weighted by atomic mass is 9.90. The van der Waals surface area contributed by atoms with Crippen molar-refractivity contribution in [3.8, 4) is 5.75 Å². The fourth-order valence-electron chi connectivity index (χ4n) is 4.11. The highest BCUT2D eigenvalue weighted by Gasteiger charge is 2.29. The molecule has 2 atom stereocenters. The molecule has 2 aromatic carbocycles. The number of halogens is 1. The smallest absolute Gasteiger partial charge is 0.319 e. The number of aromatic nitrogens is 1. The summed E-state index contributed by atoms with van der Waals surface area (Å²) in [4.78, 5) is 29.9. The van der Waals surface area contributed by atoms with Gasteiger partial charge in [-0.15, -0.1) is 11.3 Å². The summed E-state index contributed by atoms with van der Waals surface area (Å²) < 4.78 is 19.2. The number of carbonyl (C=O) groups excluding carboxylic acids is 2. The minimum Gasteiger partial charge on any atom is -0.483 e. The van der Waals surface area contributed by atoms with E-state index in [1.54, 1.807) is 23.6 Å². The number of benzene rings is 2. The Morgan fingerprint density at radius 2 is 1.80 bits per heavy atom. The van der Waals surface area contributed by atoms with Crippen LogP contribution in [0.25, 0.3) is 0 Å². The van der Waals surface area contributed by atoms with Gasteiger partial charge in [-0.1, -0.05) is 37.1 Å². The Hall–Kier alpha value is -3.46. The molecule has 3 N–H and O–H groups in total. The first-order valence-electron chi connectivity index (χ1n) is 11.7. The highest BCUT2D eigenvalue weighted by atomic mass is 32.1. The summed E-state index contributed by atoms with van der Waals surface area (Å²) in [5.74, 6) is -0.601. The van der Waals surface area contributed by atoms with Gasteiger partial charge in [0.05, 0.1) is 6.04 Å². The fourth-order valence-corrected chi connectivity index (χ4v) is 4.80.